The van der Waals surface area contributed by atoms with Crippen LogP contribution in [-0.4, -0.2) is 33.8 Å². The third-order valence-corrected chi connectivity index (χ3v) is 4.66. The highest BCUT2D eigenvalue weighted by atomic mass is 32.2. The number of rotatable bonds is 7. The lowest BCUT2D eigenvalue weighted by molar-refractivity contribution is 0.126. The molecule has 132 valence electrons. The van der Waals surface area contributed by atoms with E-state index in [0.717, 1.165) is 16.5 Å². The van der Waals surface area contributed by atoms with Crippen LogP contribution in [0.25, 0.3) is 22.4 Å². The Hall–Kier alpha value is -2.77. The van der Waals surface area contributed by atoms with Crippen molar-refractivity contribution in [3.05, 3.63) is 60.9 Å². The Balaban J connectivity index is 1.29. The summed E-state index contributed by atoms with van der Waals surface area (Å²) in [4.78, 5) is 0. The predicted molar refractivity (Wildman–Crippen MR) is 98.2 cm³/mol. The largest absolute Gasteiger partial charge is 0.491 e. The Morgan fingerprint density at radius 3 is 2.77 bits per heavy atom. The van der Waals surface area contributed by atoms with E-state index in [-0.39, 0.29) is 6.61 Å². The second kappa shape index (κ2) is 7.63. The number of benzene rings is 2. The van der Waals surface area contributed by atoms with Crippen LogP contribution in [0.3, 0.4) is 0 Å². The molecule has 1 unspecified atom stereocenters. The summed E-state index contributed by atoms with van der Waals surface area (Å²) >= 11 is 1.27. The average Bonchev–Trinajstić information content (AvgIpc) is 3.36. The lowest BCUT2D eigenvalue weighted by Gasteiger charge is -2.11. The minimum atomic E-state index is -0.662. The van der Waals surface area contributed by atoms with Crippen LogP contribution >= 0.6 is 11.8 Å². The van der Waals surface area contributed by atoms with E-state index in [0.29, 0.717) is 22.6 Å². The van der Waals surface area contributed by atoms with Crippen LogP contribution in [0, 0.1) is 0 Å². The third-order valence-electron chi connectivity index (χ3n) is 3.70. The number of thioether (sulfide) groups is 1. The van der Waals surface area contributed by atoms with Crippen LogP contribution < -0.4 is 4.74 Å². The maximum atomic E-state index is 10.1. The molecule has 0 aliphatic heterocycles. The molecule has 6 nitrogen and oxygen atoms in total. The van der Waals surface area contributed by atoms with Gasteiger partial charge in [-0.05, 0) is 35.0 Å². The first-order valence-corrected chi connectivity index (χ1v) is 9.06. The molecular formula is C19H16N2O4S. The van der Waals surface area contributed by atoms with Crippen molar-refractivity contribution in [2.75, 3.05) is 12.4 Å². The topological polar surface area (TPSA) is 81.5 Å². The summed E-state index contributed by atoms with van der Waals surface area (Å²) < 4.78 is 16.4. The number of ether oxygens (including phenoxy) is 1. The second-order valence-electron chi connectivity index (χ2n) is 5.64. The molecule has 0 saturated carbocycles. The Morgan fingerprint density at radius 1 is 1.04 bits per heavy atom. The van der Waals surface area contributed by atoms with Gasteiger partial charge in [0.15, 0.2) is 5.76 Å². The number of aliphatic hydroxyl groups is 1. The molecule has 2 aromatic heterocycles. The molecule has 0 radical (unpaired) electrons. The van der Waals surface area contributed by atoms with Crippen molar-refractivity contribution in [1.82, 2.24) is 10.2 Å². The fourth-order valence-electron chi connectivity index (χ4n) is 2.43. The van der Waals surface area contributed by atoms with E-state index >= 15 is 0 Å². The summed E-state index contributed by atoms with van der Waals surface area (Å²) in [5, 5.41) is 20.6. The molecule has 0 aliphatic rings. The first-order valence-electron chi connectivity index (χ1n) is 8.08. The fourth-order valence-corrected chi connectivity index (χ4v) is 3.10. The zero-order valence-corrected chi connectivity index (χ0v) is 14.6. The van der Waals surface area contributed by atoms with Crippen LogP contribution in [0.2, 0.25) is 0 Å². The minimum absolute atomic E-state index is 0.185. The fraction of sp³-hybridized carbons (Fsp3) is 0.158. The third kappa shape index (κ3) is 3.89. The smallest absolute Gasteiger partial charge is 0.284 e. The molecule has 2 aromatic carbocycles. The maximum absolute atomic E-state index is 10.1. The summed E-state index contributed by atoms with van der Waals surface area (Å²) in [7, 11) is 0. The van der Waals surface area contributed by atoms with Gasteiger partial charge in [0.2, 0.25) is 0 Å². The van der Waals surface area contributed by atoms with Gasteiger partial charge in [0.1, 0.15) is 12.4 Å². The molecule has 0 spiro atoms. The molecule has 26 heavy (non-hydrogen) atoms. The standard InChI is InChI=1S/C19H16N2O4S/c22-15(11-24-16-8-7-13-4-1-2-5-14(13)10-16)12-26-19-21-20-18(25-19)17-6-3-9-23-17/h1-10,15,22H,11-12H2. The highest BCUT2D eigenvalue weighted by molar-refractivity contribution is 7.99. The van der Waals surface area contributed by atoms with Gasteiger partial charge >= 0.3 is 0 Å². The zero-order valence-electron chi connectivity index (χ0n) is 13.7. The number of furan rings is 1. The van der Waals surface area contributed by atoms with Crippen LogP contribution in [0.15, 0.2) is 74.9 Å². The molecular weight excluding hydrogens is 352 g/mol. The summed E-state index contributed by atoms with van der Waals surface area (Å²) in [5.74, 6) is 1.95. The maximum Gasteiger partial charge on any atom is 0.284 e. The van der Waals surface area contributed by atoms with Crippen molar-refractivity contribution in [3.63, 3.8) is 0 Å². The highest BCUT2D eigenvalue weighted by Crippen LogP contribution is 2.24. The van der Waals surface area contributed by atoms with E-state index in [1.54, 1.807) is 18.4 Å². The minimum Gasteiger partial charge on any atom is -0.491 e. The van der Waals surface area contributed by atoms with E-state index in [9.17, 15) is 5.11 Å². The van der Waals surface area contributed by atoms with Gasteiger partial charge in [-0.3, -0.25) is 0 Å². The van der Waals surface area contributed by atoms with Gasteiger partial charge in [0.25, 0.3) is 11.1 Å². The Labute approximate surface area is 153 Å². The van der Waals surface area contributed by atoms with Crippen LogP contribution in [0.1, 0.15) is 0 Å². The van der Waals surface area contributed by atoms with E-state index < -0.39 is 6.10 Å². The molecule has 0 saturated heterocycles. The zero-order chi connectivity index (χ0) is 17.8. The van der Waals surface area contributed by atoms with Crippen molar-refractivity contribution in [2.45, 2.75) is 11.3 Å². The SMILES string of the molecule is OC(COc1ccc2ccccc2c1)CSc1nnc(-c2ccco2)o1. The molecule has 4 rings (SSSR count). The van der Waals surface area contributed by atoms with Crippen molar-refractivity contribution in [1.29, 1.82) is 0 Å². The van der Waals surface area contributed by atoms with Gasteiger partial charge in [-0.1, -0.05) is 42.1 Å². The number of nitrogens with zero attached hydrogens (tertiary/aromatic N) is 2. The molecule has 0 amide bonds. The van der Waals surface area contributed by atoms with E-state index in [4.69, 9.17) is 13.6 Å². The lowest BCUT2D eigenvalue weighted by atomic mass is 10.1. The quantitative estimate of drug-likeness (QED) is 0.493. The number of hydrogen-bond donors (Lipinski definition) is 1. The predicted octanol–water partition coefficient (Wildman–Crippen LogP) is 4.01. The van der Waals surface area contributed by atoms with Gasteiger partial charge in [0, 0.05) is 5.75 Å². The Bertz CT molecular complexity index is 984. The van der Waals surface area contributed by atoms with Gasteiger partial charge in [-0.15, -0.1) is 10.2 Å². The molecule has 0 fully saturated rings. The van der Waals surface area contributed by atoms with Crippen molar-refractivity contribution in [3.8, 4) is 17.4 Å². The summed E-state index contributed by atoms with van der Waals surface area (Å²) in [6, 6.07) is 17.4. The average molecular weight is 368 g/mol. The monoisotopic (exact) mass is 368 g/mol. The molecule has 1 N–H and O–H groups in total. The van der Waals surface area contributed by atoms with Gasteiger partial charge < -0.3 is 18.7 Å². The molecule has 0 bridgehead atoms. The first kappa shape index (κ1) is 16.7. The first-order chi connectivity index (χ1) is 12.8. The number of aliphatic hydroxyl groups excluding tert-OH is 1. The molecule has 1 atom stereocenters. The summed E-state index contributed by atoms with van der Waals surface area (Å²) in [6.45, 7) is 0.185. The van der Waals surface area contributed by atoms with Crippen LogP contribution in [-0.2, 0) is 0 Å². The number of fused-ring (bicyclic) bond motifs is 1. The molecule has 2 heterocycles. The molecule has 0 aliphatic carbocycles. The van der Waals surface area contributed by atoms with Gasteiger partial charge in [-0.2, -0.15) is 0 Å². The normalized spacial score (nSPS) is 12.3. The van der Waals surface area contributed by atoms with Crippen LogP contribution in [0.4, 0.5) is 0 Å². The second-order valence-corrected chi connectivity index (χ2v) is 6.61. The van der Waals surface area contributed by atoms with E-state index in [2.05, 4.69) is 10.2 Å². The van der Waals surface area contributed by atoms with Crippen LogP contribution in [0.5, 0.6) is 5.75 Å². The Morgan fingerprint density at radius 2 is 1.92 bits per heavy atom. The number of aromatic nitrogens is 2. The van der Waals surface area contributed by atoms with Crippen molar-refractivity contribution < 1.29 is 18.7 Å². The van der Waals surface area contributed by atoms with Crippen molar-refractivity contribution >= 4 is 22.5 Å². The summed E-state index contributed by atoms with van der Waals surface area (Å²) in [6.07, 6.45) is 0.880. The molecule has 7 heteroatoms. The lowest BCUT2D eigenvalue weighted by Crippen LogP contribution is -2.20. The molecule has 4 aromatic rings. The van der Waals surface area contributed by atoms with Gasteiger partial charge in [0.05, 0.1) is 12.4 Å². The summed E-state index contributed by atoms with van der Waals surface area (Å²) in [5.41, 5.74) is 0. The van der Waals surface area contributed by atoms with E-state index in [1.807, 2.05) is 42.5 Å². The van der Waals surface area contributed by atoms with Crippen molar-refractivity contribution in [2.24, 2.45) is 0 Å². The van der Waals surface area contributed by atoms with E-state index in [1.165, 1.54) is 11.8 Å². The Kier molecular flexibility index (Phi) is 4.90. The highest BCUT2D eigenvalue weighted by Gasteiger charge is 2.13. The van der Waals surface area contributed by atoms with Gasteiger partial charge in [-0.25, -0.2) is 0 Å². The number of hydrogen-bond acceptors (Lipinski definition) is 7.